The molecule has 0 aliphatic rings. The molecule has 3 aromatic rings. The second-order valence-corrected chi connectivity index (χ2v) is 5.90. The van der Waals surface area contributed by atoms with E-state index in [0.717, 1.165) is 15.3 Å². The maximum atomic E-state index is 6.28. The van der Waals surface area contributed by atoms with Gasteiger partial charge >= 0.3 is 0 Å². The summed E-state index contributed by atoms with van der Waals surface area (Å²) >= 11 is 7.81. The van der Waals surface area contributed by atoms with Crippen molar-refractivity contribution in [3.8, 4) is 22.2 Å². The summed E-state index contributed by atoms with van der Waals surface area (Å²) in [4.78, 5) is 14.0. The standard InChI is InChI=1S/C14H12ClN3O2S/c1-7-16-6-12(21-7)14-17-9-5-11(20-3)10(19-2)4-8(9)13(15)18-14/h4-6H,1-3H3. The van der Waals surface area contributed by atoms with Gasteiger partial charge in [0.2, 0.25) is 0 Å². The molecule has 0 radical (unpaired) electrons. The number of rotatable bonds is 3. The molecule has 0 saturated heterocycles. The maximum absolute atomic E-state index is 6.28. The van der Waals surface area contributed by atoms with Crippen LogP contribution in [0, 0.1) is 6.92 Å². The molecule has 108 valence electrons. The van der Waals surface area contributed by atoms with Crippen LogP contribution in [0.3, 0.4) is 0 Å². The number of aromatic nitrogens is 3. The molecule has 7 heteroatoms. The molecule has 0 atom stereocenters. The molecular weight excluding hydrogens is 310 g/mol. The zero-order chi connectivity index (χ0) is 15.0. The summed E-state index contributed by atoms with van der Waals surface area (Å²) in [5.74, 6) is 1.76. The van der Waals surface area contributed by atoms with Crippen LogP contribution in [0.25, 0.3) is 21.6 Å². The number of nitrogens with zero attached hydrogens (tertiary/aromatic N) is 3. The van der Waals surface area contributed by atoms with E-state index in [2.05, 4.69) is 15.0 Å². The molecule has 0 aliphatic heterocycles. The quantitative estimate of drug-likeness (QED) is 0.688. The third-order valence-corrected chi connectivity index (χ3v) is 4.19. The summed E-state index contributed by atoms with van der Waals surface area (Å²) in [6.45, 7) is 1.94. The van der Waals surface area contributed by atoms with Gasteiger partial charge in [-0.25, -0.2) is 15.0 Å². The Bertz CT molecular complexity index is 819. The Labute approximate surface area is 130 Å². The van der Waals surface area contributed by atoms with E-state index < -0.39 is 0 Å². The highest BCUT2D eigenvalue weighted by molar-refractivity contribution is 7.14. The molecule has 0 fully saturated rings. The largest absolute Gasteiger partial charge is 0.493 e. The Morgan fingerprint density at radius 3 is 2.43 bits per heavy atom. The van der Waals surface area contributed by atoms with Gasteiger partial charge < -0.3 is 9.47 Å². The zero-order valence-corrected chi connectivity index (χ0v) is 13.2. The van der Waals surface area contributed by atoms with Gasteiger partial charge in [0.05, 0.1) is 29.6 Å². The number of hydrogen-bond donors (Lipinski definition) is 0. The predicted octanol–water partition coefficient (Wildman–Crippen LogP) is 3.73. The highest BCUT2D eigenvalue weighted by atomic mass is 35.5. The summed E-state index contributed by atoms with van der Waals surface area (Å²) in [6.07, 6.45) is 1.75. The van der Waals surface area contributed by atoms with Crippen LogP contribution >= 0.6 is 22.9 Å². The Morgan fingerprint density at radius 1 is 1.10 bits per heavy atom. The minimum absolute atomic E-state index is 0.377. The number of benzene rings is 1. The van der Waals surface area contributed by atoms with Crippen molar-refractivity contribution in [2.24, 2.45) is 0 Å². The lowest BCUT2D eigenvalue weighted by Gasteiger charge is -2.10. The monoisotopic (exact) mass is 321 g/mol. The SMILES string of the molecule is COc1cc2nc(-c3cnc(C)s3)nc(Cl)c2cc1OC. The lowest BCUT2D eigenvalue weighted by molar-refractivity contribution is 0.356. The van der Waals surface area contributed by atoms with Crippen molar-refractivity contribution in [1.82, 2.24) is 15.0 Å². The van der Waals surface area contributed by atoms with E-state index in [4.69, 9.17) is 21.1 Å². The van der Waals surface area contributed by atoms with Crippen molar-refractivity contribution in [3.63, 3.8) is 0 Å². The van der Waals surface area contributed by atoms with Crippen LogP contribution in [-0.2, 0) is 0 Å². The molecule has 0 aliphatic carbocycles. The average molecular weight is 322 g/mol. The smallest absolute Gasteiger partial charge is 0.173 e. The van der Waals surface area contributed by atoms with Crippen molar-refractivity contribution < 1.29 is 9.47 Å². The minimum Gasteiger partial charge on any atom is -0.493 e. The topological polar surface area (TPSA) is 57.1 Å². The van der Waals surface area contributed by atoms with E-state index in [1.807, 2.05) is 6.92 Å². The fourth-order valence-electron chi connectivity index (χ4n) is 1.99. The second-order valence-electron chi connectivity index (χ2n) is 4.31. The molecule has 2 aromatic heterocycles. The van der Waals surface area contributed by atoms with Crippen LogP contribution < -0.4 is 9.47 Å². The van der Waals surface area contributed by atoms with Crippen LogP contribution in [0.1, 0.15) is 5.01 Å². The minimum atomic E-state index is 0.377. The van der Waals surface area contributed by atoms with E-state index in [1.165, 1.54) is 11.3 Å². The first-order valence-corrected chi connectivity index (χ1v) is 7.34. The highest BCUT2D eigenvalue weighted by Gasteiger charge is 2.14. The fraction of sp³-hybridized carbons (Fsp3) is 0.214. The Kier molecular flexibility index (Phi) is 3.65. The van der Waals surface area contributed by atoms with Gasteiger partial charge in [0.1, 0.15) is 5.15 Å². The van der Waals surface area contributed by atoms with Gasteiger partial charge in [-0.2, -0.15) is 0 Å². The van der Waals surface area contributed by atoms with Crippen molar-refractivity contribution in [3.05, 3.63) is 28.5 Å². The third-order valence-electron chi connectivity index (χ3n) is 3.00. The number of aryl methyl sites for hydroxylation is 1. The molecule has 2 heterocycles. The summed E-state index contributed by atoms with van der Waals surface area (Å²) in [6, 6.07) is 3.57. The van der Waals surface area contributed by atoms with Crippen LogP contribution in [0.15, 0.2) is 18.3 Å². The van der Waals surface area contributed by atoms with Crippen molar-refractivity contribution in [2.75, 3.05) is 14.2 Å². The van der Waals surface area contributed by atoms with Crippen molar-refractivity contribution in [1.29, 1.82) is 0 Å². The summed E-state index contributed by atoms with van der Waals surface area (Å²) < 4.78 is 10.6. The molecule has 0 bridgehead atoms. The molecule has 0 saturated carbocycles. The number of ether oxygens (including phenoxy) is 2. The molecule has 1 aromatic carbocycles. The summed E-state index contributed by atoms with van der Waals surface area (Å²) in [5, 5.41) is 2.05. The van der Waals surface area contributed by atoms with Crippen molar-refractivity contribution >= 4 is 33.8 Å². The van der Waals surface area contributed by atoms with Gasteiger partial charge in [0.25, 0.3) is 0 Å². The highest BCUT2D eigenvalue weighted by Crippen LogP contribution is 2.35. The van der Waals surface area contributed by atoms with E-state index in [0.29, 0.717) is 28.0 Å². The average Bonchev–Trinajstić information content (AvgIpc) is 2.92. The van der Waals surface area contributed by atoms with Gasteiger partial charge in [-0.15, -0.1) is 11.3 Å². The summed E-state index contributed by atoms with van der Waals surface area (Å²) in [7, 11) is 3.16. The van der Waals surface area contributed by atoms with Gasteiger partial charge in [-0.3, -0.25) is 0 Å². The Morgan fingerprint density at radius 2 is 1.81 bits per heavy atom. The van der Waals surface area contributed by atoms with Gasteiger partial charge in [-0.1, -0.05) is 11.6 Å². The first kappa shape index (κ1) is 14.0. The maximum Gasteiger partial charge on any atom is 0.173 e. The number of halogens is 1. The van der Waals surface area contributed by atoms with Crippen LogP contribution in [0.4, 0.5) is 0 Å². The van der Waals surface area contributed by atoms with E-state index in [-0.39, 0.29) is 0 Å². The Hall–Kier alpha value is -1.92. The van der Waals surface area contributed by atoms with Gasteiger partial charge in [-0.05, 0) is 13.0 Å². The van der Waals surface area contributed by atoms with Crippen LogP contribution in [-0.4, -0.2) is 29.2 Å². The van der Waals surface area contributed by atoms with E-state index in [9.17, 15) is 0 Å². The lowest BCUT2D eigenvalue weighted by atomic mass is 10.2. The zero-order valence-electron chi connectivity index (χ0n) is 11.7. The number of thiazole rings is 1. The number of fused-ring (bicyclic) bond motifs is 1. The first-order valence-electron chi connectivity index (χ1n) is 6.14. The second kappa shape index (κ2) is 5.46. The molecular formula is C14H12ClN3O2S. The third kappa shape index (κ3) is 2.52. The molecule has 0 spiro atoms. The first-order chi connectivity index (χ1) is 10.1. The number of methoxy groups -OCH3 is 2. The predicted molar refractivity (Wildman–Crippen MR) is 83.5 cm³/mol. The normalized spacial score (nSPS) is 10.9. The molecule has 3 rings (SSSR count). The molecule has 0 N–H and O–H groups in total. The van der Waals surface area contributed by atoms with Gasteiger partial charge in [0.15, 0.2) is 17.3 Å². The van der Waals surface area contributed by atoms with E-state index >= 15 is 0 Å². The molecule has 0 unspecified atom stereocenters. The Balaban J connectivity index is 2.23. The van der Waals surface area contributed by atoms with Crippen LogP contribution in [0.2, 0.25) is 5.15 Å². The fourth-order valence-corrected chi connectivity index (χ4v) is 2.94. The lowest BCUT2D eigenvalue weighted by Crippen LogP contribution is -1.94. The van der Waals surface area contributed by atoms with Gasteiger partial charge in [0, 0.05) is 17.6 Å². The molecule has 0 amide bonds. The van der Waals surface area contributed by atoms with Crippen LogP contribution in [0.5, 0.6) is 11.5 Å². The molecule has 21 heavy (non-hydrogen) atoms. The van der Waals surface area contributed by atoms with E-state index in [1.54, 1.807) is 32.5 Å². The molecule has 5 nitrogen and oxygen atoms in total. The van der Waals surface area contributed by atoms with Crippen molar-refractivity contribution in [2.45, 2.75) is 6.92 Å². The number of hydrogen-bond acceptors (Lipinski definition) is 6. The summed E-state index contributed by atoms with van der Waals surface area (Å²) in [5.41, 5.74) is 0.703.